The number of carbonyl (C=O) groups is 1. The van der Waals surface area contributed by atoms with Crippen LogP contribution in [-0.2, 0) is 6.54 Å². The van der Waals surface area contributed by atoms with Crippen molar-refractivity contribution in [1.82, 2.24) is 9.97 Å². The normalized spacial score (nSPS) is 10.3. The Morgan fingerprint density at radius 3 is 2.68 bits per heavy atom. The van der Waals surface area contributed by atoms with Gasteiger partial charge >= 0.3 is 0 Å². The van der Waals surface area contributed by atoms with Crippen LogP contribution in [-0.4, -0.2) is 15.9 Å². The Hall–Kier alpha value is -3.35. The van der Waals surface area contributed by atoms with Gasteiger partial charge in [-0.1, -0.05) is 6.07 Å². The first kappa shape index (κ1) is 16.5. The number of aromatic nitrogens is 2. The first-order chi connectivity index (χ1) is 12.1. The number of pyridine rings is 2. The molecule has 2 heterocycles. The number of rotatable bonds is 5. The molecule has 0 saturated heterocycles. The number of nitrogens with one attached hydrogen (secondary N) is 2. The molecule has 0 unspecified atom stereocenters. The number of carbonyl (C=O) groups excluding carboxylic acids is 1. The van der Waals surface area contributed by atoms with Gasteiger partial charge < -0.3 is 10.6 Å². The number of nitrogens with zero attached hydrogens (tertiary/aromatic N) is 2. The summed E-state index contributed by atoms with van der Waals surface area (Å²) < 4.78 is 26.5. The van der Waals surface area contributed by atoms with E-state index in [4.69, 9.17) is 0 Å². The second-order valence-electron chi connectivity index (χ2n) is 5.26. The number of halogens is 2. The summed E-state index contributed by atoms with van der Waals surface area (Å²) in [5.41, 5.74) is 1.77. The Bertz CT molecular complexity index is 887. The van der Waals surface area contributed by atoms with Crippen molar-refractivity contribution in [1.29, 1.82) is 0 Å². The van der Waals surface area contributed by atoms with Crippen molar-refractivity contribution in [2.45, 2.75) is 6.54 Å². The largest absolute Gasteiger partial charge is 0.380 e. The van der Waals surface area contributed by atoms with E-state index in [1.165, 1.54) is 12.3 Å². The molecular weight excluding hydrogens is 326 g/mol. The molecule has 0 fully saturated rings. The minimum absolute atomic E-state index is 0.0971. The standard InChI is InChI=1S/C18H14F2N4O/c19-14-3-4-17(16(20)7-14)24-18(25)13-6-15(11-22-10-13)23-9-12-2-1-5-21-8-12/h1-8,10-11,23H,9H2,(H,24,25). The van der Waals surface area contributed by atoms with Crippen LogP contribution in [0.2, 0.25) is 0 Å². The molecule has 3 aromatic rings. The van der Waals surface area contributed by atoms with Gasteiger partial charge in [0.05, 0.1) is 16.9 Å². The molecule has 7 heteroatoms. The van der Waals surface area contributed by atoms with Gasteiger partial charge in [0, 0.05) is 37.4 Å². The highest BCUT2D eigenvalue weighted by atomic mass is 19.1. The molecule has 0 radical (unpaired) electrons. The van der Waals surface area contributed by atoms with Gasteiger partial charge in [0.1, 0.15) is 11.6 Å². The van der Waals surface area contributed by atoms with Crippen molar-refractivity contribution in [2.24, 2.45) is 0 Å². The van der Waals surface area contributed by atoms with Gasteiger partial charge in [-0.2, -0.15) is 0 Å². The Labute approximate surface area is 142 Å². The summed E-state index contributed by atoms with van der Waals surface area (Å²) in [6.07, 6.45) is 6.36. The first-order valence-corrected chi connectivity index (χ1v) is 7.46. The monoisotopic (exact) mass is 340 g/mol. The van der Waals surface area contributed by atoms with E-state index < -0.39 is 17.5 Å². The predicted molar refractivity (Wildman–Crippen MR) is 90.1 cm³/mol. The van der Waals surface area contributed by atoms with E-state index >= 15 is 0 Å². The molecule has 1 amide bonds. The Morgan fingerprint density at radius 2 is 1.92 bits per heavy atom. The van der Waals surface area contributed by atoms with Crippen molar-refractivity contribution in [2.75, 3.05) is 10.6 Å². The Kier molecular flexibility index (Phi) is 4.94. The summed E-state index contributed by atoms with van der Waals surface area (Å²) in [5.74, 6) is -2.09. The lowest BCUT2D eigenvalue weighted by Crippen LogP contribution is -2.14. The van der Waals surface area contributed by atoms with Gasteiger partial charge in [0.25, 0.3) is 5.91 Å². The zero-order valence-electron chi connectivity index (χ0n) is 13.0. The Balaban J connectivity index is 1.69. The second-order valence-corrected chi connectivity index (χ2v) is 5.26. The van der Waals surface area contributed by atoms with E-state index in [1.807, 2.05) is 12.1 Å². The van der Waals surface area contributed by atoms with Crippen LogP contribution in [0, 0.1) is 11.6 Å². The molecule has 126 valence electrons. The van der Waals surface area contributed by atoms with Crippen molar-refractivity contribution in [3.8, 4) is 0 Å². The van der Waals surface area contributed by atoms with Crippen LogP contribution in [0.4, 0.5) is 20.2 Å². The van der Waals surface area contributed by atoms with Crippen LogP contribution >= 0.6 is 0 Å². The second kappa shape index (κ2) is 7.48. The minimum atomic E-state index is -0.841. The molecule has 25 heavy (non-hydrogen) atoms. The fourth-order valence-corrected chi connectivity index (χ4v) is 2.15. The SMILES string of the molecule is O=C(Nc1ccc(F)cc1F)c1cncc(NCc2cccnc2)c1. The van der Waals surface area contributed by atoms with E-state index in [2.05, 4.69) is 20.6 Å². The third-order valence-electron chi connectivity index (χ3n) is 3.40. The van der Waals surface area contributed by atoms with Crippen molar-refractivity contribution < 1.29 is 13.6 Å². The zero-order chi connectivity index (χ0) is 17.6. The third kappa shape index (κ3) is 4.35. The van der Waals surface area contributed by atoms with E-state index in [0.717, 1.165) is 11.6 Å². The van der Waals surface area contributed by atoms with Crippen molar-refractivity contribution >= 4 is 17.3 Å². The predicted octanol–water partition coefficient (Wildman–Crippen LogP) is 3.62. The average molecular weight is 340 g/mol. The third-order valence-corrected chi connectivity index (χ3v) is 3.40. The quantitative estimate of drug-likeness (QED) is 0.744. The highest BCUT2D eigenvalue weighted by Gasteiger charge is 2.11. The summed E-state index contributed by atoms with van der Waals surface area (Å²) in [7, 11) is 0. The number of hydrogen-bond acceptors (Lipinski definition) is 4. The van der Waals surface area contributed by atoms with E-state index in [1.54, 1.807) is 24.7 Å². The van der Waals surface area contributed by atoms with Gasteiger partial charge in [-0.15, -0.1) is 0 Å². The van der Waals surface area contributed by atoms with Crippen LogP contribution in [0.25, 0.3) is 0 Å². The van der Waals surface area contributed by atoms with Crippen LogP contribution in [0.15, 0.2) is 61.2 Å². The highest BCUT2D eigenvalue weighted by molar-refractivity contribution is 6.04. The lowest BCUT2D eigenvalue weighted by Gasteiger charge is -2.09. The molecule has 1 aromatic carbocycles. The highest BCUT2D eigenvalue weighted by Crippen LogP contribution is 2.17. The number of hydrogen-bond donors (Lipinski definition) is 2. The van der Waals surface area contributed by atoms with Gasteiger partial charge in [-0.3, -0.25) is 14.8 Å². The fraction of sp³-hybridized carbons (Fsp3) is 0.0556. The smallest absolute Gasteiger partial charge is 0.257 e. The number of anilines is 2. The van der Waals surface area contributed by atoms with E-state index in [-0.39, 0.29) is 11.3 Å². The molecule has 0 bridgehead atoms. The zero-order valence-corrected chi connectivity index (χ0v) is 13.0. The molecule has 5 nitrogen and oxygen atoms in total. The van der Waals surface area contributed by atoms with Crippen LogP contribution in [0.3, 0.4) is 0 Å². The van der Waals surface area contributed by atoms with Crippen LogP contribution < -0.4 is 10.6 Å². The molecule has 0 saturated carbocycles. The maximum absolute atomic E-state index is 13.6. The topological polar surface area (TPSA) is 66.9 Å². The van der Waals surface area contributed by atoms with Crippen LogP contribution in [0.5, 0.6) is 0 Å². The van der Waals surface area contributed by atoms with Crippen molar-refractivity contribution in [3.63, 3.8) is 0 Å². The molecule has 0 aliphatic carbocycles. The molecule has 2 aromatic heterocycles. The maximum Gasteiger partial charge on any atom is 0.257 e. The van der Waals surface area contributed by atoms with Crippen molar-refractivity contribution in [3.05, 3.63) is 83.9 Å². The molecule has 3 rings (SSSR count). The van der Waals surface area contributed by atoms with E-state index in [9.17, 15) is 13.6 Å². The molecule has 0 aliphatic rings. The fourth-order valence-electron chi connectivity index (χ4n) is 2.15. The van der Waals surface area contributed by atoms with Gasteiger partial charge in [-0.25, -0.2) is 8.78 Å². The number of benzene rings is 1. The summed E-state index contributed by atoms with van der Waals surface area (Å²) in [6.45, 7) is 0.521. The Morgan fingerprint density at radius 1 is 1.04 bits per heavy atom. The minimum Gasteiger partial charge on any atom is -0.380 e. The molecular formula is C18H14F2N4O. The summed E-state index contributed by atoms with van der Waals surface area (Å²) in [6, 6.07) is 8.29. The maximum atomic E-state index is 13.6. The lowest BCUT2D eigenvalue weighted by atomic mass is 10.2. The molecule has 0 spiro atoms. The average Bonchev–Trinajstić information content (AvgIpc) is 2.63. The summed E-state index contributed by atoms with van der Waals surface area (Å²) in [4.78, 5) is 20.3. The van der Waals surface area contributed by atoms with Gasteiger partial charge in [-0.05, 0) is 29.8 Å². The van der Waals surface area contributed by atoms with Gasteiger partial charge in [0.15, 0.2) is 0 Å². The first-order valence-electron chi connectivity index (χ1n) is 7.46. The number of amides is 1. The molecule has 0 aliphatic heterocycles. The lowest BCUT2D eigenvalue weighted by molar-refractivity contribution is 0.102. The van der Waals surface area contributed by atoms with Crippen LogP contribution in [0.1, 0.15) is 15.9 Å². The van der Waals surface area contributed by atoms with Gasteiger partial charge in [0.2, 0.25) is 0 Å². The summed E-state index contributed by atoms with van der Waals surface area (Å²) in [5, 5.41) is 5.53. The summed E-state index contributed by atoms with van der Waals surface area (Å²) >= 11 is 0. The van der Waals surface area contributed by atoms with E-state index in [0.29, 0.717) is 18.3 Å². The molecule has 2 N–H and O–H groups in total. The molecule has 0 atom stereocenters.